The smallest absolute Gasteiger partial charge is 0.174 e. The van der Waals surface area contributed by atoms with Crippen molar-refractivity contribution in [3.05, 3.63) is 40.9 Å². The predicted molar refractivity (Wildman–Crippen MR) is 70.9 cm³/mol. The zero-order chi connectivity index (χ0) is 13.3. The van der Waals surface area contributed by atoms with Crippen LogP contribution in [0.4, 0.5) is 5.82 Å². The number of aromatic nitrogens is 2. The van der Waals surface area contributed by atoms with E-state index < -0.39 is 0 Å². The van der Waals surface area contributed by atoms with Gasteiger partial charge in [-0.1, -0.05) is 17.8 Å². The van der Waals surface area contributed by atoms with Crippen LogP contribution in [-0.2, 0) is 7.05 Å². The van der Waals surface area contributed by atoms with Gasteiger partial charge in [0.2, 0.25) is 0 Å². The fourth-order valence-corrected chi connectivity index (χ4v) is 2.89. The first-order chi connectivity index (χ1) is 8.47. The third-order valence-corrected chi connectivity index (χ3v) is 3.59. The molecule has 2 rings (SSSR count). The number of anilines is 1. The average molecular weight is 264 g/mol. The van der Waals surface area contributed by atoms with E-state index in [9.17, 15) is 5.21 Å². The molecule has 0 radical (unpaired) electrons. The highest BCUT2D eigenvalue weighted by atomic mass is 32.2. The van der Waals surface area contributed by atoms with Crippen molar-refractivity contribution in [3.63, 3.8) is 0 Å². The van der Waals surface area contributed by atoms with Crippen LogP contribution in [0.3, 0.4) is 0 Å². The van der Waals surface area contributed by atoms with Gasteiger partial charge < -0.3 is 15.0 Å². The molecule has 6 heteroatoms. The summed E-state index contributed by atoms with van der Waals surface area (Å²) in [5.41, 5.74) is 2.31. The van der Waals surface area contributed by atoms with Gasteiger partial charge in [0.25, 0.3) is 0 Å². The second kappa shape index (κ2) is 5.01. The van der Waals surface area contributed by atoms with Crippen LogP contribution in [0, 0.1) is 19.1 Å². The summed E-state index contributed by atoms with van der Waals surface area (Å²) >= 11 is 1.40. The van der Waals surface area contributed by atoms with E-state index in [1.807, 2.05) is 26.0 Å². The van der Waals surface area contributed by atoms with E-state index in [1.165, 1.54) is 18.1 Å². The molecule has 1 N–H and O–H groups in total. The third-order valence-electron chi connectivity index (χ3n) is 2.46. The van der Waals surface area contributed by atoms with Crippen molar-refractivity contribution in [2.75, 3.05) is 5.23 Å². The molecule has 0 aliphatic carbocycles. The molecule has 1 aromatic heterocycles. The summed E-state index contributed by atoms with van der Waals surface area (Å²) < 4.78 is 1.71. The van der Waals surface area contributed by atoms with Crippen LogP contribution in [-0.4, -0.2) is 14.8 Å². The lowest BCUT2D eigenvalue weighted by molar-refractivity contribution is 0.291. The zero-order valence-corrected chi connectivity index (χ0v) is 11.2. The molecular formula is C12H14N3O2S-. The minimum absolute atomic E-state index is 0.0154. The zero-order valence-electron chi connectivity index (χ0n) is 10.4. The minimum atomic E-state index is -0.203. The van der Waals surface area contributed by atoms with E-state index in [-0.39, 0.29) is 11.0 Å². The molecular weight excluding hydrogens is 250 g/mol. The highest BCUT2D eigenvalue weighted by Gasteiger charge is 2.11. The Labute approximate surface area is 110 Å². The van der Waals surface area contributed by atoms with Crippen molar-refractivity contribution < 1.29 is 5.21 Å². The minimum Gasteiger partial charge on any atom is -0.732 e. The lowest BCUT2D eigenvalue weighted by Crippen LogP contribution is -2.08. The molecule has 0 atom stereocenters. The Kier molecular flexibility index (Phi) is 3.60. The maximum atomic E-state index is 11.0. The number of hydrogen-bond acceptors (Lipinski definition) is 5. The van der Waals surface area contributed by atoms with Crippen molar-refractivity contribution in [1.29, 1.82) is 0 Å². The number of imidazole rings is 1. The number of rotatable bonds is 3. The lowest BCUT2D eigenvalue weighted by Gasteiger charge is -2.20. The Balaban J connectivity index is 2.36. The molecule has 0 aliphatic rings. The standard InChI is InChI=1S/C12H14N3O2S/c1-8-4-9(2)6-10(5-8)18-12-11(15(16)17)13-7-14(12)3/h4-7,16H,1-3H3/q-1. The summed E-state index contributed by atoms with van der Waals surface area (Å²) in [6.45, 7) is 4.04. The molecule has 0 amide bonds. The summed E-state index contributed by atoms with van der Waals surface area (Å²) in [6, 6.07) is 6.14. The van der Waals surface area contributed by atoms with Gasteiger partial charge in [0.05, 0.1) is 6.33 Å². The molecule has 2 aromatic rings. The van der Waals surface area contributed by atoms with Gasteiger partial charge in [0, 0.05) is 11.9 Å². The highest BCUT2D eigenvalue weighted by molar-refractivity contribution is 7.99. The van der Waals surface area contributed by atoms with Crippen molar-refractivity contribution in [2.45, 2.75) is 23.8 Å². The normalized spacial score (nSPS) is 10.7. The number of benzene rings is 1. The van der Waals surface area contributed by atoms with Gasteiger partial charge >= 0.3 is 0 Å². The molecule has 5 nitrogen and oxygen atoms in total. The van der Waals surface area contributed by atoms with Gasteiger partial charge in [-0.25, -0.2) is 4.98 Å². The first kappa shape index (κ1) is 12.9. The number of hydrogen-bond donors (Lipinski definition) is 1. The van der Waals surface area contributed by atoms with Gasteiger partial charge in [-0.05, 0) is 37.1 Å². The van der Waals surface area contributed by atoms with E-state index in [0.29, 0.717) is 5.03 Å². The summed E-state index contributed by atoms with van der Waals surface area (Å²) in [5.74, 6) is 0.0154. The van der Waals surface area contributed by atoms with E-state index in [1.54, 1.807) is 11.6 Å². The molecule has 0 aliphatic heterocycles. The van der Waals surface area contributed by atoms with Gasteiger partial charge in [0.1, 0.15) is 5.03 Å². The molecule has 0 saturated carbocycles. The summed E-state index contributed by atoms with van der Waals surface area (Å²) in [5, 5.41) is 20.4. The first-order valence-corrected chi connectivity index (χ1v) is 6.22. The van der Waals surface area contributed by atoms with Crippen LogP contribution in [0.15, 0.2) is 34.4 Å². The second-order valence-electron chi connectivity index (χ2n) is 4.18. The van der Waals surface area contributed by atoms with E-state index >= 15 is 0 Å². The summed E-state index contributed by atoms with van der Waals surface area (Å²) in [7, 11) is 1.78. The third kappa shape index (κ3) is 2.66. The topological polar surface area (TPSA) is 64.3 Å². The first-order valence-electron chi connectivity index (χ1n) is 5.41. The Morgan fingerprint density at radius 3 is 2.44 bits per heavy atom. The number of aryl methyl sites for hydroxylation is 3. The maximum absolute atomic E-state index is 11.0. The van der Waals surface area contributed by atoms with Gasteiger partial charge in [-0.2, -0.15) is 0 Å². The molecule has 0 fully saturated rings. The van der Waals surface area contributed by atoms with Crippen molar-refractivity contribution in [1.82, 2.24) is 9.55 Å². The van der Waals surface area contributed by atoms with Crippen molar-refractivity contribution in [2.24, 2.45) is 7.05 Å². The van der Waals surface area contributed by atoms with E-state index in [0.717, 1.165) is 16.0 Å². The van der Waals surface area contributed by atoms with Crippen LogP contribution in [0.5, 0.6) is 0 Å². The monoisotopic (exact) mass is 264 g/mol. The van der Waals surface area contributed by atoms with Crippen LogP contribution in [0.1, 0.15) is 11.1 Å². The summed E-state index contributed by atoms with van der Waals surface area (Å²) in [6.07, 6.45) is 1.50. The highest BCUT2D eigenvalue weighted by Crippen LogP contribution is 2.34. The van der Waals surface area contributed by atoms with Crippen LogP contribution in [0.2, 0.25) is 0 Å². The maximum Gasteiger partial charge on any atom is 0.174 e. The van der Waals surface area contributed by atoms with Crippen molar-refractivity contribution >= 4 is 17.6 Å². The fourth-order valence-electron chi connectivity index (χ4n) is 1.76. The van der Waals surface area contributed by atoms with Crippen LogP contribution in [0.25, 0.3) is 0 Å². The van der Waals surface area contributed by atoms with Crippen molar-refractivity contribution in [3.8, 4) is 0 Å². The number of nitrogens with zero attached hydrogens (tertiary/aromatic N) is 3. The predicted octanol–water partition coefficient (Wildman–Crippen LogP) is 2.88. The molecule has 0 unspecified atom stereocenters. The quantitative estimate of drug-likeness (QED) is 0.863. The molecule has 0 saturated heterocycles. The molecule has 0 spiro atoms. The van der Waals surface area contributed by atoms with E-state index in [4.69, 9.17) is 5.21 Å². The Hall–Kier alpha value is -1.50. The second-order valence-corrected chi connectivity index (χ2v) is 5.24. The van der Waals surface area contributed by atoms with E-state index in [2.05, 4.69) is 11.1 Å². The molecule has 1 aromatic carbocycles. The molecule has 1 heterocycles. The van der Waals surface area contributed by atoms with Gasteiger partial charge in [0.15, 0.2) is 5.82 Å². The molecule has 96 valence electrons. The Morgan fingerprint density at radius 1 is 1.28 bits per heavy atom. The largest absolute Gasteiger partial charge is 0.732 e. The fraction of sp³-hybridized carbons (Fsp3) is 0.250. The van der Waals surface area contributed by atoms with Crippen LogP contribution >= 0.6 is 11.8 Å². The molecule has 18 heavy (non-hydrogen) atoms. The Bertz CT molecular complexity index is 546. The average Bonchev–Trinajstić information content (AvgIpc) is 2.59. The van der Waals surface area contributed by atoms with Gasteiger partial charge in [-0.15, -0.1) is 0 Å². The SMILES string of the molecule is Cc1cc(C)cc(Sc2c(N([O-])O)ncn2C)c1. The van der Waals surface area contributed by atoms with Gasteiger partial charge in [-0.3, -0.25) is 5.21 Å². The molecule has 0 bridgehead atoms. The Morgan fingerprint density at radius 2 is 1.89 bits per heavy atom. The van der Waals surface area contributed by atoms with Crippen LogP contribution < -0.4 is 5.23 Å². The summed E-state index contributed by atoms with van der Waals surface area (Å²) in [4.78, 5) is 4.87. The lowest BCUT2D eigenvalue weighted by atomic mass is 10.2.